The van der Waals surface area contributed by atoms with Crippen molar-refractivity contribution in [2.75, 3.05) is 13.2 Å². The molecule has 0 unspecified atom stereocenters. The molecule has 0 aliphatic rings. The highest BCUT2D eigenvalue weighted by atomic mass is 16.7. The highest BCUT2D eigenvalue weighted by Crippen LogP contribution is 2.20. The van der Waals surface area contributed by atoms with Gasteiger partial charge in [0.15, 0.2) is 0 Å². The van der Waals surface area contributed by atoms with E-state index >= 15 is 0 Å². The highest BCUT2D eigenvalue weighted by molar-refractivity contribution is 5.59. The summed E-state index contributed by atoms with van der Waals surface area (Å²) < 4.78 is 34.5. The molecule has 0 aromatic heterocycles. The van der Waals surface area contributed by atoms with Crippen molar-refractivity contribution in [1.29, 1.82) is 0 Å². The minimum Gasteiger partial charge on any atom is -0.455 e. The fraction of sp³-hybridized carbons (Fsp3) is 0.242. The van der Waals surface area contributed by atoms with Gasteiger partial charge in [0.25, 0.3) is 0 Å². The number of rotatable bonds is 16. The Balaban J connectivity index is 1.16. The van der Waals surface area contributed by atoms with Crippen LogP contribution in [0.1, 0.15) is 25.7 Å². The first-order valence-electron chi connectivity index (χ1n) is 13.4. The number of ether oxygens (including phenoxy) is 6. The molecule has 0 aliphatic carbocycles. The van der Waals surface area contributed by atoms with Crippen LogP contribution in [0.4, 0.5) is 4.79 Å². The predicted octanol–water partition coefficient (Wildman–Crippen LogP) is 7.67. The molecule has 0 aliphatic heterocycles. The second kappa shape index (κ2) is 16.3. The van der Waals surface area contributed by atoms with E-state index in [0.29, 0.717) is 48.7 Å². The molecule has 4 aromatic carbocycles. The van der Waals surface area contributed by atoms with Crippen molar-refractivity contribution in [3.8, 4) is 23.0 Å². The zero-order chi connectivity index (χ0) is 27.7. The Morgan fingerprint density at radius 2 is 0.725 bits per heavy atom. The summed E-state index contributed by atoms with van der Waals surface area (Å²) in [5, 5.41) is 0. The van der Waals surface area contributed by atoms with Gasteiger partial charge in [-0.15, -0.1) is 0 Å². The molecule has 4 aromatic rings. The van der Waals surface area contributed by atoms with Gasteiger partial charge in [-0.05, 0) is 61.4 Å². The normalized spacial score (nSPS) is 10.7. The molecule has 0 bridgehead atoms. The monoisotopic (exact) mass is 542 g/mol. The largest absolute Gasteiger partial charge is 0.508 e. The van der Waals surface area contributed by atoms with E-state index in [1.165, 1.54) is 0 Å². The number of benzene rings is 4. The van der Waals surface area contributed by atoms with E-state index in [2.05, 4.69) is 0 Å². The third-order valence-corrected chi connectivity index (χ3v) is 5.65. The maximum Gasteiger partial charge on any atom is 0.508 e. The van der Waals surface area contributed by atoms with E-state index in [4.69, 9.17) is 28.4 Å². The average Bonchev–Trinajstić information content (AvgIpc) is 2.99. The molecular formula is C33H34O7. The Morgan fingerprint density at radius 1 is 0.450 bits per heavy atom. The molecule has 0 heterocycles. The molecule has 7 heteroatoms. The van der Waals surface area contributed by atoms with E-state index in [0.717, 1.165) is 0 Å². The molecular weight excluding hydrogens is 508 g/mol. The van der Waals surface area contributed by atoms with E-state index in [-0.39, 0.29) is 13.2 Å². The summed E-state index contributed by atoms with van der Waals surface area (Å²) in [6.07, 6.45) is 0.341. The first-order valence-corrected chi connectivity index (χ1v) is 13.4. The zero-order valence-corrected chi connectivity index (χ0v) is 22.3. The zero-order valence-electron chi connectivity index (χ0n) is 22.3. The second-order valence-electron chi connectivity index (χ2n) is 8.81. The van der Waals surface area contributed by atoms with Crippen LogP contribution >= 0.6 is 0 Å². The summed E-state index contributed by atoms with van der Waals surface area (Å²) in [5.74, 6) is 2.81. The summed E-state index contributed by atoms with van der Waals surface area (Å²) in [5.41, 5.74) is 0. The van der Waals surface area contributed by atoms with Gasteiger partial charge in [-0.3, -0.25) is 0 Å². The third-order valence-electron chi connectivity index (χ3n) is 5.65. The summed E-state index contributed by atoms with van der Waals surface area (Å²) >= 11 is 0. The van der Waals surface area contributed by atoms with Crippen LogP contribution in [-0.2, 0) is 9.47 Å². The van der Waals surface area contributed by atoms with Gasteiger partial charge in [-0.25, -0.2) is 4.79 Å². The molecule has 0 saturated heterocycles. The molecule has 0 radical (unpaired) electrons. The average molecular weight is 543 g/mol. The van der Waals surface area contributed by atoms with Crippen LogP contribution in [0.15, 0.2) is 121 Å². The fourth-order valence-corrected chi connectivity index (χ4v) is 3.74. The van der Waals surface area contributed by atoms with Crippen molar-refractivity contribution in [3.63, 3.8) is 0 Å². The molecule has 0 saturated carbocycles. The molecule has 7 nitrogen and oxygen atoms in total. The van der Waals surface area contributed by atoms with Crippen LogP contribution in [0.3, 0.4) is 0 Å². The molecule has 0 spiro atoms. The molecule has 0 fully saturated rings. The topological polar surface area (TPSA) is 72.5 Å². The minimum atomic E-state index is -0.714. The van der Waals surface area contributed by atoms with Crippen LogP contribution in [0.2, 0.25) is 0 Å². The quantitative estimate of drug-likeness (QED) is 0.0817. The Hall–Kier alpha value is -4.65. The van der Waals surface area contributed by atoms with Crippen molar-refractivity contribution in [1.82, 2.24) is 0 Å². The van der Waals surface area contributed by atoms with Crippen LogP contribution in [-0.4, -0.2) is 31.9 Å². The summed E-state index contributed by atoms with van der Waals surface area (Å²) in [6, 6.07) is 37.9. The van der Waals surface area contributed by atoms with Crippen molar-refractivity contribution >= 4 is 6.16 Å². The van der Waals surface area contributed by atoms with Gasteiger partial charge in [0, 0.05) is 12.8 Å². The summed E-state index contributed by atoms with van der Waals surface area (Å²) in [6.45, 7) is 0.366. The van der Waals surface area contributed by atoms with Crippen LogP contribution in [0.5, 0.6) is 23.0 Å². The lowest BCUT2D eigenvalue weighted by molar-refractivity contribution is -0.0131. The third kappa shape index (κ3) is 10.6. The van der Waals surface area contributed by atoms with Crippen LogP contribution in [0.25, 0.3) is 0 Å². The molecule has 0 atom stereocenters. The number of para-hydroxylation sites is 4. The standard InChI is InChI=1S/C33H34O7/c34-33(35-25-13-23-31(37-27-15-5-1-6-16-27)38-28-17-7-2-8-18-28)36-26-14-24-32(39-29-19-9-3-10-20-29)40-30-21-11-4-12-22-30/h1-12,15-22,31-32H,13-14,23-26H2. The van der Waals surface area contributed by atoms with Crippen LogP contribution < -0.4 is 18.9 Å². The Kier molecular flexibility index (Phi) is 11.6. The van der Waals surface area contributed by atoms with Gasteiger partial charge < -0.3 is 28.4 Å². The molecule has 4 rings (SSSR count). The molecule has 0 amide bonds. The Morgan fingerprint density at radius 3 is 1.00 bits per heavy atom. The maximum atomic E-state index is 12.1. The number of carbonyl (C=O) groups excluding carboxylic acids is 1. The Labute approximate surface area is 235 Å². The maximum absolute atomic E-state index is 12.1. The van der Waals surface area contributed by atoms with E-state index < -0.39 is 18.7 Å². The van der Waals surface area contributed by atoms with Gasteiger partial charge in [0.05, 0.1) is 13.2 Å². The second-order valence-corrected chi connectivity index (χ2v) is 8.81. The van der Waals surface area contributed by atoms with Crippen molar-refractivity contribution < 1.29 is 33.2 Å². The van der Waals surface area contributed by atoms with E-state index in [9.17, 15) is 4.79 Å². The highest BCUT2D eigenvalue weighted by Gasteiger charge is 2.15. The van der Waals surface area contributed by atoms with Crippen LogP contribution in [0, 0.1) is 0 Å². The number of hydrogen-bond donors (Lipinski definition) is 0. The number of hydrogen-bond acceptors (Lipinski definition) is 7. The lowest BCUT2D eigenvalue weighted by Gasteiger charge is -2.21. The van der Waals surface area contributed by atoms with Crippen molar-refractivity contribution in [2.45, 2.75) is 38.3 Å². The molecule has 40 heavy (non-hydrogen) atoms. The fourth-order valence-electron chi connectivity index (χ4n) is 3.74. The van der Waals surface area contributed by atoms with Gasteiger partial charge in [-0.1, -0.05) is 72.8 Å². The SMILES string of the molecule is O=C(OCCCC(Oc1ccccc1)Oc1ccccc1)OCCCC(Oc1ccccc1)Oc1ccccc1. The summed E-state index contributed by atoms with van der Waals surface area (Å²) in [4.78, 5) is 12.1. The molecule has 0 N–H and O–H groups in total. The lowest BCUT2D eigenvalue weighted by atomic mass is 10.3. The first-order chi connectivity index (χ1) is 19.7. The lowest BCUT2D eigenvalue weighted by Crippen LogP contribution is -2.25. The predicted molar refractivity (Wildman–Crippen MR) is 152 cm³/mol. The van der Waals surface area contributed by atoms with Gasteiger partial charge in [0.2, 0.25) is 12.6 Å². The van der Waals surface area contributed by atoms with Crippen molar-refractivity contribution in [2.24, 2.45) is 0 Å². The van der Waals surface area contributed by atoms with E-state index in [1.807, 2.05) is 121 Å². The molecule has 208 valence electrons. The number of carbonyl (C=O) groups is 1. The van der Waals surface area contributed by atoms with Gasteiger partial charge >= 0.3 is 6.16 Å². The smallest absolute Gasteiger partial charge is 0.455 e. The Bertz CT molecular complexity index is 1040. The minimum absolute atomic E-state index is 0.183. The summed E-state index contributed by atoms with van der Waals surface area (Å²) in [7, 11) is 0. The van der Waals surface area contributed by atoms with E-state index in [1.54, 1.807) is 0 Å². The van der Waals surface area contributed by atoms with Gasteiger partial charge in [0.1, 0.15) is 23.0 Å². The first kappa shape index (κ1) is 28.4. The van der Waals surface area contributed by atoms with Crippen molar-refractivity contribution in [3.05, 3.63) is 121 Å². The van der Waals surface area contributed by atoms with Gasteiger partial charge in [-0.2, -0.15) is 0 Å².